The number of nitrogens with zero attached hydrogens (tertiary/aromatic N) is 4. The molecule has 2 N–H and O–H groups in total. The number of aromatic nitrogens is 4. The van der Waals surface area contributed by atoms with Crippen LogP contribution in [0.4, 0.5) is 0 Å². The molecule has 0 radical (unpaired) electrons. The van der Waals surface area contributed by atoms with E-state index in [1.807, 2.05) is 49.4 Å². The lowest BCUT2D eigenvalue weighted by atomic mass is 9.72. The number of benzene rings is 1. The van der Waals surface area contributed by atoms with E-state index < -0.39 is 0 Å². The first kappa shape index (κ1) is 22.8. The summed E-state index contributed by atoms with van der Waals surface area (Å²) in [5, 5.41) is 4.30. The normalized spacial score (nSPS) is 17.2. The molecule has 5 heterocycles. The average Bonchev–Trinajstić information content (AvgIpc) is 3.38. The van der Waals surface area contributed by atoms with Crippen molar-refractivity contribution in [3.63, 3.8) is 0 Å². The van der Waals surface area contributed by atoms with Crippen LogP contribution in [0.25, 0.3) is 33.5 Å². The first-order chi connectivity index (χ1) is 17.6. The molecule has 3 aromatic heterocycles. The van der Waals surface area contributed by atoms with Crippen molar-refractivity contribution in [3.8, 4) is 22.6 Å². The third-order valence-electron chi connectivity index (χ3n) is 7.40. The number of aromatic amines is 1. The number of hydrogen-bond donors (Lipinski definition) is 2. The van der Waals surface area contributed by atoms with Crippen molar-refractivity contribution < 1.29 is 9.53 Å². The van der Waals surface area contributed by atoms with Crippen molar-refractivity contribution in [1.29, 1.82) is 0 Å². The Bertz CT molecular complexity index is 1400. The Morgan fingerprint density at radius 2 is 1.97 bits per heavy atom. The van der Waals surface area contributed by atoms with E-state index >= 15 is 0 Å². The summed E-state index contributed by atoms with van der Waals surface area (Å²) in [6, 6.07) is 13.7. The van der Waals surface area contributed by atoms with Crippen molar-refractivity contribution in [3.05, 3.63) is 66.2 Å². The summed E-state index contributed by atoms with van der Waals surface area (Å²) in [7, 11) is 0. The smallest absolute Gasteiger partial charge is 0.339 e. The fourth-order valence-corrected chi connectivity index (χ4v) is 5.47. The average molecular weight is 483 g/mol. The number of imidazole rings is 1. The van der Waals surface area contributed by atoms with Crippen LogP contribution in [0.1, 0.15) is 28.9 Å². The Morgan fingerprint density at radius 3 is 2.81 bits per heavy atom. The monoisotopic (exact) mass is 482 g/mol. The van der Waals surface area contributed by atoms with Gasteiger partial charge in [-0.1, -0.05) is 12.1 Å². The summed E-state index contributed by atoms with van der Waals surface area (Å²) in [5.74, 6) is -0.337. The van der Waals surface area contributed by atoms with Gasteiger partial charge in [0.2, 0.25) is 0 Å². The van der Waals surface area contributed by atoms with Crippen molar-refractivity contribution in [2.75, 3.05) is 39.3 Å². The molecule has 8 nitrogen and oxygen atoms in total. The lowest BCUT2D eigenvalue weighted by molar-refractivity contribution is -0.0335. The Labute approximate surface area is 210 Å². The minimum absolute atomic E-state index is 0.337. The topological polar surface area (TPSA) is 96.0 Å². The number of fused-ring (bicyclic) bond motifs is 1. The van der Waals surface area contributed by atoms with Crippen molar-refractivity contribution in [1.82, 2.24) is 30.2 Å². The molecule has 2 fully saturated rings. The van der Waals surface area contributed by atoms with Crippen LogP contribution in [-0.2, 0) is 4.74 Å². The SMILES string of the molecule is Cc1cccc(-c2[nH]cnc2-c2ccc3ncc(C(=O)OCCN4CC5(CCNCC5)C4)cc3c2)n1. The summed E-state index contributed by atoms with van der Waals surface area (Å²) in [6.45, 7) is 7.59. The fraction of sp³-hybridized carbons (Fsp3) is 0.357. The molecule has 0 saturated carbocycles. The molecular weight excluding hydrogens is 452 g/mol. The maximum atomic E-state index is 12.7. The molecule has 1 spiro atoms. The van der Waals surface area contributed by atoms with Gasteiger partial charge in [0.1, 0.15) is 6.61 Å². The standard InChI is InChI=1S/C28H30N6O2/c1-19-3-2-4-24(33-19)26-25(31-18-32-26)20-5-6-23-21(13-20)14-22(15-30-23)27(35)36-12-11-34-16-28(17-34)7-9-29-10-8-28/h2-6,13-15,18,29H,7-12,16-17H2,1H3,(H,31,32). The summed E-state index contributed by atoms with van der Waals surface area (Å²) < 4.78 is 5.59. The number of rotatable bonds is 6. The van der Waals surface area contributed by atoms with Gasteiger partial charge in [-0.25, -0.2) is 9.78 Å². The van der Waals surface area contributed by atoms with Gasteiger partial charge in [0.05, 0.1) is 34.5 Å². The van der Waals surface area contributed by atoms with Gasteiger partial charge >= 0.3 is 5.97 Å². The number of carbonyl (C=O) groups is 1. The van der Waals surface area contributed by atoms with Gasteiger partial charge < -0.3 is 15.0 Å². The van der Waals surface area contributed by atoms with Crippen LogP contribution in [0, 0.1) is 12.3 Å². The van der Waals surface area contributed by atoms with Crippen LogP contribution in [0.3, 0.4) is 0 Å². The van der Waals surface area contributed by atoms with Crippen LogP contribution < -0.4 is 5.32 Å². The predicted molar refractivity (Wildman–Crippen MR) is 139 cm³/mol. The highest BCUT2D eigenvalue weighted by molar-refractivity contribution is 5.95. The van der Waals surface area contributed by atoms with Crippen LogP contribution >= 0.6 is 0 Å². The van der Waals surface area contributed by atoms with E-state index in [4.69, 9.17) is 4.74 Å². The molecule has 2 saturated heterocycles. The highest BCUT2D eigenvalue weighted by atomic mass is 16.5. The van der Waals surface area contributed by atoms with Gasteiger partial charge in [0, 0.05) is 42.5 Å². The van der Waals surface area contributed by atoms with Crippen molar-refractivity contribution >= 4 is 16.9 Å². The summed E-state index contributed by atoms with van der Waals surface area (Å²) in [5.41, 5.74) is 6.14. The second-order valence-electron chi connectivity index (χ2n) is 10.0. The number of H-pyrrole nitrogens is 1. The molecule has 0 unspecified atom stereocenters. The van der Waals surface area contributed by atoms with E-state index in [9.17, 15) is 4.79 Å². The fourth-order valence-electron chi connectivity index (χ4n) is 5.47. The summed E-state index contributed by atoms with van der Waals surface area (Å²) >= 11 is 0. The molecule has 0 amide bonds. The number of piperidine rings is 1. The second-order valence-corrected chi connectivity index (χ2v) is 10.0. The number of likely N-dealkylation sites (tertiary alicyclic amines) is 1. The molecule has 8 heteroatoms. The summed E-state index contributed by atoms with van der Waals surface area (Å²) in [4.78, 5) is 32.0. The Hall–Kier alpha value is -3.62. The van der Waals surface area contributed by atoms with Gasteiger partial charge in [-0.3, -0.25) is 14.9 Å². The number of hydrogen-bond acceptors (Lipinski definition) is 7. The van der Waals surface area contributed by atoms with Crippen LogP contribution in [0.2, 0.25) is 0 Å². The third kappa shape index (κ3) is 4.50. The Morgan fingerprint density at radius 1 is 1.11 bits per heavy atom. The summed E-state index contributed by atoms with van der Waals surface area (Å²) in [6.07, 6.45) is 5.76. The molecule has 2 aliphatic rings. The zero-order valence-corrected chi connectivity index (χ0v) is 20.5. The van der Waals surface area contributed by atoms with Gasteiger partial charge in [0.25, 0.3) is 0 Å². The minimum atomic E-state index is -0.337. The lowest BCUT2D eigenvalue weighted by Gasteiger charge is -2.52. The molecular formula is C28H30N6O2. The van der Waals surface area contributed by atoms with Gasteiger partial charge in [-0.05, 0) is 68.6 Å². The zero-order valence-electron chi connectivity index (χ0n) is 20.5. The second kappa shape index (κ2) is 9.44. The quantitative estimate of drug-likeness (QED) is 0.403. The molecule has 6 rings (SSSR count). The van der Waals surface area contributed by atoms with E-state index in [-0.39, 0.29) is 5.97 Å². The van der Waals surface area contributed by atoms with E-state index in [1.165, 1.54) is 12.8 Å². The van der Waals surface area contributed by atoms with E-state index in [0.717, 1.165) is 72.0 Å². The molecule has 184 valence electrons. The molecule has 2 aliphatic heterocycles. The van der Waals surface area contributed by atoms with E-state index in [2.05, 4.69) is 30.2 Å². The number of nitrogens with one attached hydrogen (secondary N) is 2. The Kier molecular flexibility index (Phi) is 5.99. The molecule has 0 bridgehead atoms. The highest BCUT2D eigenvalue weighted by Crippen LogP contribution is 2.38. The first-order valence-electron chi connectivity index (χ1n) is 12.6. The molecule has 1 aromatic carbocycles. The number of esters is 1. The molecule has 0 atom stereocenters. The number of carbonyl (C=O) groups excluding carboxylic acids is 1. The van der Waals surface area contributed by atoms with Crippen LogP contribution in [0.5, 0.6) is 0 Å². The van der Waals surface area contributed by atoms with Crippen LogP contribution in [-0.4, -0.2) is 70.1 Å². The largest absolute Gasteiger partial charge is 0.461 e. The molecule has 36 heavy (non-hydrogen) atoms. The molecule has 4 aromatic rings. The number of ether oxygens (including phenoxy) is 1. The Balaban J connectivity index is 1.14. The van der Waals surface area contributed by atoms with Gasteiger partial charge in [0.15, 0.2) is 0 Å². The van der Waals surface area contributed by atoms with Gasteiger partial charge in [-0.2, -0.15) is 0 Å². The maximum Gasteiger partial charge on any atom is 0.339 e. The van der Waals surface area contributed by atoms with Crippen molar-refractivity contribution in [2.45, 2.75) is 19.8 Å². The number of aryl methyl sites for hydroxylation is 1. The lowest BCUT2D eigenvalue weighted by Crippen LogP contribution is -2.60. The molecule has 0 aliphatic carbocycles. The maximum absolute atomic E-state index is 12.7. The highest BCUT2D eigenvalue weighted by Gasteiger charge is 2.42. The van der Waals surface area contributed by atoms with Gasteiger partial charge in [-0.15, -0.1) is 0 Å². The zero-order chi connectivity index (χ0) is 24.5. The number of pyridine rings is 2. The minimum Gasteiger partial charge on any atom is -0.461 e. The predicted octanol–water partition coefficient (Wildman–Crippen LogP) is 3.84. The first-order valence-corrected chi connectivity index (χ1v) is 12.6. The van der Waals surface area contributed by atoms with Crippen LogP contribution in [0.15, 0.2) is 55.0 Å². The van der Waals surface area contributed by atoms with Crippen molar-refractivity contribution in [2.24, 2.45) is 5.41 Å². The third-order valence-corrected chi connectivity index (χ3v) is 7.40. The van der Waals surface area contributed by atoms with E-state index in [0.29, 0.717) is 17.6 Å². The van der Waals surface area contributed by atoms with E-state index in [1.54, 1.807) is 12.5 Å².